The number of fused-ring (bicyclic) bond motifs is 1. The number of carbonyl (C=O) groups is 1. The molecule has 0 saturated carbocycles. The summed E-state index contributed by atoms with van der Waals surface area (Å²) >= 11 is 1.53. The van der Waals surface area contributed by atoms with E-state index in [1.807, 2.05) is 0 Å². The minimum Gasteiger partial charge on any atom is -0.329 e. The lowest BCUT2D eigenvalue weighted by molar-refractivity contribution is -0.123. The van der Waals surface area contributed by atoms with E-state index >= 15 is 0 Å². The molecule has 0 aromatic carbocycles. The number of hydrogen-bond acceptors (Lipinski definition) is 4. The fraction of sp³-hybridized carbons (Fsp3) is 0.538. The van der Waals surface area contributed by atoms with E-state index in [1.54, 1.807) is 13.8 Å². The second-order valence-electron chi connectivity index (χ2n) is 5.22. The molecule has 1 aliphatic rings. The van der Waals surface area contributed by atoms with E-state index in [0.717, 1.165) is 24.8 Å². The Labute approximate surface area is 111 Å². The molecule has 0 bridgehead atoms. The first-order chi connectivity index (χ1) is 8.49. The van der Waals surface area contributed by atoms with E-state index in [2.05, 4.69) is 11.4 Å². The molecule has 18 heavy (non-hydrogen) atoms. The molecule has 0 spiro atoms. The fourth-order valence-electron chi connectivity index (χ4n) is 1.98. The van der Waals surface area contributed by atoms with Crippen LogP contribution in [0, 0.1) is 16.7 Å². The second kappa shape index (κ2) is 4.71. The standard InChI is InChI=1S/C13H17N3OS/c1-13(2,7-15)12(17)16-11-9(6-14)8-4-3-5-10(8)18-11/h3-5,7,15H2,1-2H3,(H,16,17). The van der Waals surface area contributed by atoms with Crippen LogP contribution in [-0.2, 0) is 17.6 Å². The van der Waals surface area contributed by atoms with Crippen molar-refractivity contribution in [1.82, 2.24) is 0 Å². The Balaban J connectivity index is 2.26. The first-order valence-electron chi connectivity index (χ1n) is 6.05. The largest absolute Gasteiger partial charge is 0.329 e. The highest BCUT2D eigenvalue weighted by Gasteiger charge is 2.29. The van der Waals surface area contributed by atoms with Gasteiger partial charge in [0.2, 0.25) is 5.91 Å². The first kappa shape index (κ1) is 13.1. The number of carbonyl (C=O) groups excluding carboxylic acids is 1. The van der Waals surface area contributed by atoms with Crippen molar-refractivity contribution in [3.05, 3.63) is 16.0 Å². The molecule has 4 nitrogen and oxygen atoms in total. The Morgan fingerprint density at radius 2 is 2.28 bits per heavy atom. The van der Waals surface area contributed by atoms with Crippen LogP contribution in [0.5, 0.6) is 0 Å². The molecular formula is C13H17N3OS. The van der Waals surface area contributed by atoms with Crippen LogP contribution in [0.2, 0.25) is 0 Å². The maximum atomic E-state index is 12.1. The maximum Gasteiger partial charge on any atom is 0.231 e. The lowest BCUT2D eigenvalue weighted by Crippen LogP contribution is -2.37. The van der Waals surface area contributed by atoms with Crippen LogP contribution >= 0.6 is 11.3 Å². The van der Waals surface area contributed by atoms with E-state index in [1.165, 1.54) is 16.2 Å². The van der Waals surface area contributed by atoms with E-state index in [4.69, 9.17) is 5.73 Å². The molecule has 0 unspecified atom stereocenters. The Morgan fingerprint density at radius 1 is 1.56 bits per heavy atom. The molecule has 96 valence electrons. The Kier molecular flexibility index (Phi) is 3.42. The first-order valence-corrected chi connectivity index (χ1v) is 6.87. The topological polar surface area (TPSA) is 78.9 Å². The highest BCUT2D eigenvalue weighted by atomic mass is 32.1. The van der Waals surface area contributed by atoms with Crippen molar-refractivity contribution in [2.75, 3.05) is 11.9 Å². The number of nitrogens with one attached hydrogen (secondary N) is 1. The number of thiophene rings is 1. The smallest absolute Gasteiger partial charge is 0.231 e. The van der Waals surface area contributed by atoms with Crippen molar-refractivity contribution >= 4 is 22.2 Å². The van der Waals surface area contributed by atoms with Crippen molar-refractivity contribution in [2.24, 2.45) is 11.1 Å². The maximum absolute atomic E-state index is 12.1. The van der Waals surface area contributed by atoms with Crippen molar-refractivity contribution in [3.63, 3.8) is 0 Å². The van der Waals surface area contributed by atoms with E-state index < -0.39 is 5.41 Å². The minimum absolute atomic E-state index is 0.124. The number of amides is 1. The number of aryl methyl sites for hydroxylation is 1. The lowest BCUT2D eigenvalue weighted by atomic mass is 9.93. The number of hydrogen-bond donors (Lipinski definition) is 2. The Bertz CT molecular complexity index is 525. The monoisotopic (exact) mass is 263 g/mol. The molecule has 1 aliphatic carbocycles. The van der Waals surface area contributed by atoms with Crippen LogP contribution < -0.4 is 11.1 Å². The zero-order valence-corrected chi connectivity index (χ0v) is 11.5. The SMILES string of the molecule is CC(C)(CN)C(=O)Nc1sc2c(c1C#N)CCC2. The summed E-state index contributed by atoms with van der Waals surface area (Å²) in [5, 5.41) is 12.8. The average Bonchev–Trinajstić information content (AvgIpc) is 2.88. The third-order valence-electron chi connectivity index (χ3n) is 3.39. The lowest BCUT2D eigenvalue weighted by Gasteiger charge is -2.20. The molecule has 0 fully saturated rings. The van der Waals surface area contributed by atoms with Gasteiger partial charge in [-0.15, -0.1) is 11.3 Å². The molecule has 1 aromatic heterocycles. The van der Waals surface area contributed by atoms with Gasteiger partial charge in [0.15, 0.2) is 0 Å². The summed E-state index contributed by atoms with van der Waals surface area (Å²) in [5.74, 6) is -0.124. The Morgan fingerprint density at radius 3 is 2.89 bits per heavy atom. The van der Waals surface area contributed by atoms with Crippen molar-refractivity contribution < 1.29 is 4.79 Å². The number of nitrogens with zero attached hydrogens (tertiary/aromatic N) is 1. The molecule has 0 saturated heterocycles. The van der Waals surface area contributed by atoms with Gasteiger partial charge in [0.1, 0.15) is 11.1 Å². The van der Waals surface area contributed by atoms with E-state index in [0.29, 0.717) is 10.6 Å². The summed E-state index contributed by atoms with van der Waals surface area (Å²) in [5.41, 5.74) is 6.75. The molecule has 2 rings (SSSR count). The second-order valence-corrected chi connectivity index (χ2v) is 6.32. The quantitative estimate of drug-likeness (QED) is 0.875. The minimum atomic E-state index is -0.610. The van der Waals surface area contributed by atoms with Gasteiger partial charge in [-0.25, -0.2) is 0 Å². The number of nitrogens with two attached hydrogens (primary N) is 1. The molecule has 1 heterocycles. The summed E-state index contributed by atoms with van der Waals surface area (Å²) in [4.78, 5) is 13.3. The third kappa shape index (κ3) is 2.14. The number of rotatable bonds is 3. The number of nitriles is 1. The summed E-state index contributed by atoms with van der Waals surface area (Å²) in [6, 6.07) is 2.22. The Hall–Kier alpha value is -1.38. The van der Waals surface area contributed by atoms with Crippen LogP contribution in [0.3, 0.4) is 0 Å². The summed E-state index contributed by atoms with van der Waals surface area (Å²) in [6.07, 6.45) is 3.08. The van der Waals surface area contributed by atoms with Crippen LogP contribution in [-0.4, -0.2) is 12.5 Å². The van der Waals surface area contributed by atoms with E-state index in [-0.39, 0.29) is 12.5 Å². The molecular weight excluding hydrogens is 246 g/mol. The van der Waals surface area contributed by atoms with Gasteiger partial charge in [0.05, 0.1) is 11.0 Å². The predicted octanol–water partition coefficient (Wildman–Crippen LogP) is 2.03. The van der Waals surface area contributed by atoms with Gasteiger partial charge < -0.3 is 11.1 Å². The van der Waals surface area contributed by atoms with Gasteiger partial charge in [-0.2, -0.15) is 5.26 Å². The van der Waals surface area contributed by atoms with Crippen molar-refractivity contribution in [3.8, 4) is 6.07 Å². The van der Waals surface area contributed by atoms with Crippen LogP contribution in [0.4, 0.5) is 5.00 Å². The fourth-order valence-corrected chi connectivity index (χ4v) is 3.21. The van der Waals surface area contributed by atoms with Gasteiger partial charge >= 0.3 is 0 Å². The van der Waals surface area contributed by atoms with Crippen molar-refractivity contribution in [2.45, 2.75) is 33.1 Å². The predicted molar refractivity (Wildman–Crippen MR) is 72.5 cm³/mol. The highest BCUT2D eigenvalue weighted by Crippen LogP contribution is 2.39. The summed E-state index contributed by atoms with van der Waals surface area (Å²) in [6.45, 7) is 3.89. The third-order valence-corrected chi connectivity index (χ3v) is 4.59. The van der Waals surface area contributed by atoms with Gasteiger partial charge in [-0.1, -0.05) is 0 Å². The van der Waals surface area contributed by atoms with Gasteiger partial charge in [0.25, 0.3) is 0 Å². The molecule has 1 amide bonds. The molecule has 0 radical (unpaired) electrons. The van der Waals surface area contributed by atoms with Crippen LogP contribution in [0.15, 0.2) is 0 Å². The van der Waals surface area contributed by atoms with E-state index in [9.17, 15) is 10.1 Å². The molecule has 0 atom stereocenters. The van der Waals surface area contributed by atoms with Gasteiger partial charge in [-0.05, 0) is 38.7 Å². The zero-order valence-electron chi connectivity index (χ0n) is 10.7. The average molecular weight is 263 g/mol. The van der Waals surface area contributed by atoms with Crippen LogP contribution in [0.25, 0.3) is 0 Å². The zero-order chi connectivity index (χ0) is 13.3. The summed E-state index contributed by atoms with van der Waals surface area (Å²) < 4.78 is 0. The number of anilines is 1. The van der Waals surface area contributed by atoms with Gasteiger partial charge in [-0.3, -0.25) is 4.79 Å². The molecule has 5 heteroatoms. The van der Waals surface area contributed by atoms with Crippen molar-refractivity contribution in [1.29, 1.82) is 5.26 Å². The molecule has 3 N–H and O–H groups in total. The van der Waals surface area contributed by atoms with Crippen LogP contribution in [0.1, 0.15) is 36.3 Å². The van der Waals surface area contributed by atoms with Gasteiger partial charge in [0, 0.05) is 11.4 Å². The highest BCUT2D eigenvalue weighted by molar-refractivity contribution is 7.16. The normalized spacial score (nSPS) is 14.1. The molecule has 0 aliphatic heterocycles. The molecule has 1 aromatic rings. The summed E-state index contributed by atoms with van der Waals surface area (Å²) in [7, 11) is 0.